The number of carboxylic acid groups (broad SMARTS) is 1. The Morgan fingerprint density at radius 2 is 1.73 bits per heavy atom. The highest BCUT2D eigenvalue weighted by atomic mass is 16.5. The molecule has 2 aromatic carbocycles. The van der Waals surface area contributed by atoms with Gasteiger partial charge in [0.15, 0.2) is 0 Å². The van der Waals surface area contributed by atoms with E-state index in [2.05, 4.69) is 6.07 Å². The second-order valence-electron chi connectivity index (χ2n) is 5.62. The third-order valence-corrected chi connectivity index (χ3v) is 3.60. The van der Waals surface area contributed by atoms with Gasteiger partial charge in [-0.3, -0.25) is 4.79 Å². The minimum Gasteiger partial charge on any atom is -0.494 e. The minimum atomic E-state index is -0.780. The van der Waals surface area contributed by atoms with Crippen LogP contribution in [0.2, 0.25) is 0 Å². The topological polar surface area (TPSA) is 46.5 Å². The summed E-state index contributed by atoms with van der Waals surface area (Å²) in [4.78, 5) is 11.4. The molecule has 0 amide bonds. The molecule has 116 valence electrons. The van der Waals surface area contributed by atoms with Crippen LogP contribution in [-0.4, -0.2) is 17.7 Å². The Hall–Kier alpha value is -2.29. The SMILES string of the molecule is Cc1cc(C)cc(OCCCC(C(=O)O)c2ccccc2)c1. The Morgan fingerprint density at radius 3 is 2.32 bits per heavy atom. The van der Waals surface area contributed by atoms with E-state index in [1.165, 1.54) is 11.1 Å². The van der Waals surface area contributed by atoms with E-state index in [1.54, 1.807) is 0 Å². The van der Waals surface area contributed by atoms with E-state index in [0.29, 0.717) is 19.4 Å². The van der Waals surface area contributed by atoms with Crippen LogP contribution < -0.4 is 4.74 Å². The van der Waals surface area contributed by atoms with E-state index < -0.39 is 11.9 Å². The number of carbonyl (C=O) groups is 1. The highest BCUT2D eigenvalue weighted by Crippen LogP contribution is 2.22. The fourth-order valence-corrected chi connectivity index (χ4v) is 2.61. The van der Waals surface area contributed by atoms with Crippen molar-refractivity contribution >= 4 is 5.97 Å². The van der Waals surface area contributed by atoms with Gasteiger partial charge in [0.05, 0.1) is 12.5 Å². The Labute approximate surface area is 131 Å². The van der Waals surface area contributed by atoms with Crippen LogP contribution in [0.5, 0.6) is 5.75 Å². The summed E-state index contributed by atoms with van der Waals surface area (Å²) < 4.78 is 5.74. The van der Waals surface area contributed by atoms with Crippen LogP contribution in [-0.2, 0) is 4.79 Å². The normalized spacial score (nSPS) is 11.9. The average molecular weight is 298 g/mol. The minimum absolute atomic E-state index is 0.468. The van der Waals surface area contributed by atoms with Gasteiger partial charge in [-0.25, -0.2) is 0 Å². The molecule has 0 radical (unpaired) electrons. The first kappa shape index (κ1) is 16.1. The predicted octanol–water partition coefficient (Wildman–Crippen LogP) is 4.33. The molecule has 0 fully saturated rings. The second kappa shape index (κ2) is 7.64. The summed E-state index contributed by atoms with van der Waals surface area (Å²) in [5.74, 6) is -0.397. The molecule has 22 heavy (non-hydrogen) atoms. The zero-order valence-electron chi connectivity index (χ0n) is 13.1. The molecule has 0 aliphatic rings. The van der Waals surface area contributed by atoms with Crippen LogP contribution in [0.25, 0.3) is 0 Å². The Balaban J connectivity index is 1.87. The number of rotatable bonds is 7. The highest BCUT2D eigenvalue weighted by Gasteiger charge is 2.18. The van der Waals surface area contributed by atoms with E-state index in [-0.39, 0.29) is 0 Å². The summed E-state index contributed by atoms with van der Waals surface area (Å²) in [6.45, 7) is 4.60. The van der Waals surface area contributed by atoms with Crippen molar-refractivity contribution in [3.63, 3.8) is 0 Å². The maximum Gasteiger partial charge on any atom is 0.310 e. The third kappa shape index (κ3) is 4.62. The molecule has 0 aliphatic carbocycles. The first-order valence-corrected chi connectivity index (χ1v) is 7.55. The van der Waals surface area contributed by atoms with Gasteiger partial charge in [-0.05, 0) is 55.5 Å². The fourth-order valence-electron chi connectivity index (χ4n) is 2.61. The summed E-state index contributed by atoms with van der Waals surface area (Å²) in [6, 6.07) is 15.5. The van der Waals surface area contributed by atoms with Gasteiger partial charge in [0.2, 0.25) is 0 Å². The van der Waals surface area contributed by atoms with Gasteiger partial charge in [0, 0.05) is 0 Å². The van der Waals surface area contributed by atoms with Crippen molar-refractivity contribution in [3.05, 3.63) is 65.2 Å². The first-order valence-electron chi connectivity index (χ1n) is 7.55. The molecule has 1 N–H and O–H groups in total. The average Bonchev–Trinajstić information content (AvgIpc) is 2.46. The number of aryl methyl sites for hydroxylation is 2. The summed E-state index contributed by atoms with van der Waals surface area (Å²) >= 11 is 0. The zero-order chi connectivity index (χ0) is 15.9. The molecule has 0 saturated carbocycles. The molecule has 1 atom stereocenters. The van der Waals surface area contributed by atoms with Crippen LogP contribution in [0.1, 0.15) is 35.4 Å². The third-order valence-electron chi connectivity index (χ3n) is 3.60. The van der Waals surface area contributed by atoms with Crippen LogP contribution in [0.15, 0.2) is 48.5 Å². The van der Waals surface area contributed by atoms with Crippen LogP contribution in [0, 0.1) is 13.8 Å². The number of hydrogen-bond acceptors (Lipinski definition) is 2. The number of aliphatic carboxylic acids is 1. The van der Waals surface area contributed by atoms with Crippen LogP contribution in [0.3, 0.4) is 0 Å². The van der Waals surface area contributed by atoms with Gasteiger partial charge in [-0.1, -0.05) is 36.4 Å². The Bertz CT molecular complexity index is 600. The van der Waals surface area contributed by atoms with Crippen LogP contribution in [0.4, 0.5) is 0 Å². The van der Waals surface area contributed by atoms with Crippen molar-refractivity contribution in [2.24, 2.45) is 0 Å². The van der Waals surface area contributed by atoms with Crippen molar-refractivity contribution in [1.82, 2.24) is 0 Å². The van der Waals surface area contributed by atoms with Crippen molar-refractivity contribution in [3.8, 4) is 5.75 Å². The van der Waals surface area contributed by atoms with E-state index in [4.69, 9.17) is 4.74 Å². The molecule has 0 heterocycles. The summed E-state index contributed by atoms with van der Waals surface area (Å²) in [5, 5.41) is 9.38. The lowest BCUT2D eigenvalue weighted by Crippen LogP contribution is -2.13. The van der Waals surface area contributed by atoms with E-state index in [1.807, 2.05) is 56.3 Å². The number of carboxylic acids is 1. The maximum absolute atomic E-state index is 11.4. The molecule has 2 rings (SSSR count). The molecule has 1 unspecified atom stereocenters. The summed E-state index contributed by atoms with van der Waals surface area (Å²) in [5.41, 5.74) is 3.19. The number of benzene rings is 2. The predicted molar refractivity (Wildman–Crippen MR) is 87.5 cm³/mol. The van der Waals surface area contributed by atoms with Gasteiger partial charge in [0.1, 0.15) is 5.75 Å². The van der Waals surface area contributed by atoms with Gasteiger partial charge < -0.3 is 9.84 Å². The molecular formula is C19H22O3. The number of hydrogen-bond donors (Lipinski definition) is 1. The zero-order valence-corrected chi connectivity index (χ0v) is 13.1. The molecular weight excluding hydrogens is 276 g/mol. The van der Waals surface area contributed by atoms with Crippen molar-refractivity contribution in [2.75, 3.05) is 6.61 Å². The van der Waals surface area contributed by atoms with Gasteiger partial charge in [-0.2, -0.15) is 0 Å². The molecule has 0 saturated heterocycles. The van der Waals surface area contributed by atoms with E-state index >= 15 is 0 Å². The molecule has 2 aromatic rings. The second-order valence-corrected chi connectivity index (χ2v) is 5.62. The Kier molecular flexibility index (Phi) is 5.59. The maximum atomic E-state index is 11.4. The molecule has 3 nitrogen and oxygen atoms in total. The van der Waals surface area contributed by atoms with Crippen LogP contribution >= 0.6 is 0 Å². The van der Waals surface area contributed by atoms with Crippen molar-refractivity contribution in [2.45, 2.75) is 32.6 Å². The van der Waals surface area contributed by atoms with Gasteiger partial charge >= 0.3 is 5.97 Å². The molecule has 0 aliphatic heterocycles. The molecule has 0 spiro atoms. The molecule has 3 heteroatoms. The number of ether oxygens (including phenoxy) is 1. The monoisotopic (exact) mass is 298 g/mol. The smallest absolute Gasteiger partial charge is 0.310 e. The van der Waals surface area contributed by atoms with Gasteiger partial charge in [0.25, 0.3) is 0 Å². The van der Waals surface area contributed by atoms with Crippen molar-refractivity contribution in [1.29, 1.82) is 0 Å². The summed E-state index contributed by atoms with van der Waals surface area (Å²) in [7, 11) is 0. The fraction of sp³-hybridized carbons (Fsp3) is 0.316. The quantitative estimate of drug-likeness (QED) is 0.774. The first-order chi connectivity index (χ1) is 10.6. The molecule has 0 aromatic heterocycles. The van der Waals surface area contributed by atoms with Gasteiger partial charge in [-0.15, -0.1) is 0 Å². The summed E-state index contributed by atoms with van der Waals surface area (Å²) in [6.07, 6.45) is 1.28. The molecule has 0 bridgehead atoms. The lowest BCUT2D eigenvalue weighted by atomic mass is 9.94. The van der Waals surface area contributed by atoms with E-state index in [0.717, 1.165) is 11.3 Å². The largest absolute Gasteiger partial charge is 0.494 e. The highest BCUT2D eigenvalue weighted by molar-refractivity contribution is 5.75. The standard InChI is InChI=1S/C19H22O3/c1-14-11-15(2)13-17(12-14)22-10-6-9-18(19(20)21)16-7-4-3-5-8-16/h3-5,7-8,11-13,18H,6,9-10H2,1-2H3,(H,20,21). The lowest BCUT2D eigenvalue weighted by molar-refractivity contribution is -0.139. The van der Waals surface area contributed by atoms with Crippen molar-refractivity contribution < 1.29 is 14.6 Å². The lowest BCUT2D eigenvalue weighted by Gasteiger charge is -2.13. The Morgan fingerprint density at radius 1 is 1.09 bits per heavy atom. The van der Waals surface area contributed by atoms with E-state index in [9.17, 15) is 9.90 Å².